The third kappa shape index (κ3) is 6.29. The van der Waals surface area contributed by atoms with Gasteiger partial charge in [0.05, 0.1) is 10.7 Å². The largest absolute Gasteiger partial charge is 0.444 e. The van der Waals surface area contributed by atoms with E-state index in [2.05, 4.69) is 10.6 Å². The van der Waals surface area contributed by atoms with Gasteiger partial charge in [-0.1, -0.05) is 11.6 Å². The van der Waals surface area contributed by atoms with E-state index in [-0.39, 0.29) is 5.82 Å². The molecule has 1 amide bonds. The summed E-state index contributed by atoms with van der Waals surface area (Å²) in [4.78, 5) is 11.3. The van der Waals surface area contributed by atoms with Crippen LogP contribution in [0.2, 0.25) is 5.02 Å². The minimum Gasteiger partial charge on any atom is -0.444 e. The Morgan fingerprint density at radius 3 is 2.68 bits per heavy atom. The maximum Gasteiger partial charge on any atom is 0.407 e. The molecule has 0 saturated heterocycles. The van der Waals surface area contributed by atoms with Crippen LogP contribution < -0.4 is 10.6 Å². The summed E-state index contributed by atoms with van der Waals surface area (Å²) in [5.74, 6) is -0.369. The van der Waals surface area contributed by atoms with Gasteiger partial charge in [0, 0.05) is 13.1 Å². The summed E-state index contributed by atoms with van der Waals surface area (Å²) >= 11 is 5.88. The van der Waals surface area contributed by atoms with Crippen molar-refractivity contribution in [3.8, 4) is 0 Å². The van der Waals surface area contributed by atoms with Crippen molar-refractivity contribution >= 4 is 23.4 Å². The van der Waals surface area contributed by atoms with Gasteiger partial charge < -0.3 is 15.4 Å². The van der Waals surface area contributed by atoms with E-state index in [0.717, 1.165) is 0 Å². The second kappa shape index (κ2) is 6.61. The molecule has 0 saturated carbocycles. The Morgan fingerprint density at radius 2 is 2.05 bits per heavy atom. The summed E-state index contributed by atoms with van der Waals surface area (Å²) in [6.45, 7) is 6.14. The first kappa shape index (κ1) is 15.6. The number of hydrogen-bond acceptors (Lipinski definition) is 3. The Bertz CT molecular complexity index is 447. The first-order valence-corrected chi connectivity index (χ1v) is 6.31. The smallest absolute Gasteiger partial charge is 0.407 e. The summed E-state index contributed by atoms with van der Waals surface area (Å²) in [5, 5.41) is 5.94. The minimum absolute atomic E-state index is 0.349. The second-order valence-electron chi connectivity index (χ2n) is 4.98. The van der Waals surface area contributed by atoms with E-state index in [0.29, 0.717) is 23.8 Å². The van der Waals surface area contributed by atoms with Crippen molar-refractivity contribution in [1.82, 2.24) is 5.32 Å². The van der Waals surface area contributed by atoms with Crippen LogP contribution in [0.4, 0.5) is 14.9 Å². The average molecular weight is 289 g/mol. The van der Waals surface area contributed by atoms with Gasteiger partial charge in [-0.15, -0.1) is 0 Å². The Balaban J connectivity index is 2.31. The van der Waals surface area contributed by atoms with E-state index >= 15 is 0 Å². The fourth-order valence-corrected chi connectivity index (χ4v) is 1.49. The number of halogens is 2. The van der Waals surface area contributed by atoms with E-state index < -0.39 is 11.7 Å². The molecule has 1 aromatic carbocycles. The monoisotopic (exact) mass is 288 g/mol. The van der Waals surface area contributed by atoms with Crippen molar-refractivity contribution in [2.45, 2.75) is 26.4 Å². The first-order valence-electron chi connectivity index (χ1n) is 5.94. The highest BCUT2D eigenvalue weighted by molar-refractivity contribution is 6.33. The van der Waals surface area contributed by atoms with Crippen LogP contribution in [0, 0.1) is 5.82 Å². The fourth-order valence-electron chi connectivity index (χ4n) is 1.31. The second-order valence-corrected chi connectivity index (χ2v) is 5.39. The molecule has 0 atom stereocenters. The predicted molar refractivity (Wildman–Crippen MR) is 74.1 cm³/mol. The number of ether oxygens (including phenoxy) is 1. The molecule has 0 aromatic heterocycles. The molecule has 1 rings (SSSR count). The number of alkyl carbamates (subject to hydrolysis) is 1. The topological polar surface area (TPSA) is 50.4 Å². The van der Waals surface area contributed by atoms with Crippen LogP contribution in [0.3, 0.4) is 0 Å². The number of carbonyl (C=O) groups excluding carboxylic acids is 1. The third-order valence-electron chi connectivity index (χ3n) is 2.04. The lowest BCUT2D eigenvalue weighted by Gasteiger charge is -2.19. The van der Waals surface area contributed by atoms with Gasteiger partial charge >= 0.3 is 6.09 Å². The number of nitrogens with one attached hydrogen (secondary N) is 2. The van der Waals surface area contributed by atoms with Crippen molar-refractivity contribution in [3.05, 3.63) is 29.0 Å². The number of anilines is 1. The van der Waals surface area contributed by atoms with Crippen LogP contribution in [0.25, 0.3) is 0 Å². The molecule has 0 aliphatic heterocycles. The lowest BCUT2D eigenvalue weighted by atomic mass is 10.2. The van der Waals surface area contributed by atoms with Crippen molar-refractivity contribution in [2.75, 3.05) is 18.4 Å². The molecule has 1 aromatic rings. The van der Waals surface area contributed by atoms with E-state index in [1.807, 2.05) is 0 Å². The van der Waals surface area contributed by atoms with Crippen LogP contribution in [0.15, 0.2) is 18.2 Å². The Kier molecular flexibility index (Phi) is 5.42. The summed E-state index contributed by atoms with van der Waals surface area (Å²) in [5.41, 5.74) is -0.0312. The summed E-state index contributed by atoms with van der Waals surface area (Å²) in [6, 6.07) is 4.06. The maximum absolute atomic E-state index is 13.0. The molecule has 0 heterocycles. The number of carbonyl (C=O) groups is 1. The van der Waals surface area contributed by atoms with Gasteiger partial charge in [0.25, 0.3) is 0 Å². The summed E-state index contributed by atoms with van der Waals surface area (Å²) in [6.07, 6.45) is -0.486. The van der Waals surface area contributed by atoms with Crippen LogP contribution >= 0.6 is 11.6 Å². The molecule has 0 fully saturated rings. The van der Waals surface area contributed by atoms with Gasteiger partial charge in [-0.05, 0) is 39.0 Å². The zero-order valence-electron chi connectivity index (χ0n) is 11.2. The standard InChI is InChI=1S/C13H18ClFN2O2/c1-13(2,3)19-12(18)17-7-6-16-11-8-9(15)4-5-10(11)14/h4-5,8,16H,6-7H2,1-3H3,(H,17,18). The van der Waals surface area contributed by atoms with Crippen molar-refractivity contribution in [1.29, 1.82) is 0 Å². The molecule has 0 bridgehead atoms. The van der Waals surface area contributed by atoms with Crippen molar-refractivity contribution < 1.29 is 13.9 Å². The molecule has 0 spiro atoms. The van der Waals surface area contributed by atoms with Crippen LogP contribution in [-0.4, -0.2) is 24.8 Å². The summed E-state index contributed by atoms with van der Waals surface area (Å²) < 4.78 is 18.1. The first-order chi connectivity index (χ1) is 8.78. The zero-order valence-corrected chi connectivity index (χ0v) is 12.0. The molecule has 2 N–H and O–H groups in total. The molecule has 0 unspecified atom stereocenters. The highest BCUT2D eigenvalue weighted by Crippen LogP contribution is 2.21. The zero-order chi connectivity index (χ0) is 14.5. The lowest BCUT2D eigenvalue weighted by molar-refractivity contribution is 0.0530. The quantitative estimate of drug-likeness (QED) is 0.835. The van der Waals surface area contributed by atoms with E-state index in [4.69, 9.17) is 16.3 Å². The van der Waals surface area contributed by atoms with Gasteiger partial charge in [-0.25, -0.2) is 9.18 Å². The normalized spacial score (nSPS) is 11.0. The lowest BCUT2D eigenvalue weighted by Crippen LogP contribution is -2.35. The summed E-state index contributed by atoms with van der Waals surface area (Å²) in [7, 11) is 0. The van der Waals surface area contributed by atoms with Gasteiger partial charge in [0.2, 0.25) is 0 Å². The Hall–Kier alpha value is -1.49. The SMILES string of the molecule is CC(C)(C)OC(=O)NCCNc1cc(F)ccc1Cl. The fraction of sp³-hybridized carbons (Fsp3) is 0.462. The highest BCUT2D eigenvalue weighted by Gasteiger charge is 2.15. The average Bonchev–Trinajstić information content (AvgIpc) is 2.26. The molecule has 4 nitrogen and oxygen atoms in total. The molecule has 0 aliphatic rings. The van der Waals surface area contributed by atoms with Gasteiger partial charge in [-0.2, -0.15) is 0 Å². The van der Waals surface area contributed by atoms with Crippen LogP contribution in [0.5, 0.6) is 0 Å². The van der Waals surface area contributed by atoms with Crippen molar-refractivity contribution in [3.63, 3.8) is 0 Å². The number of amides is 1. The van der Waals surface area contributed by atoms with Crippen LogP contribution in [-0.2, 0) is 4.74 Å². The van der Waals surface area contributed by atoms with E-state index in [9.17, 15) is 9.18 Å². The van der Waals surface area contributed by atoms with E-state index in [1.54, 1.807) is 20.8 Å². The van der Waals surface area contributed by atoms with Crippen molar-refractivity contribution in [2.24, 2.45) is 0 Å². The van der Waals surface area contributed by atoms with Gasteiger partial charge in [0.15, 0.2) is 0 Å². The van der Waals surface area contributed by atoms with E-state index in [1.165, 1.54) is 18.2 Å². The predicted octanol–water partition coefficient (Wildman–Crippen LogP) is 3.42. The number of rotatable bonds is 4. The highest BCUT2D eigenvalue weighted by atomic mass is 35.5. The Labute approximate surface area is 117 Å². The molecular weight excluding hydrogens is 271 g/mol. The Morgan fingerprint density at radius 1 is 1.37 bits per heavy atom. The number of benzene rings is 1. The molecule has 6 heteroatoms. The van der Waals surface area contributed by atoms with Gasteiger partial charge in [0.1, 0.15) is 11.4 Å². The minimum atomic E-state index is -0.524. The van der Waals surface area contributed by atoms with Gasteiger partial charge in [-0.3, -0.25) is 0 Å². The molecular formula is C13H18ClFN2O2. The maximum atomic E-state index is 13.0. The molecule has 0 aliphatic carbocycles. The van der Waals surface area contributed by atoms with Crippen LogP contribution in [0.1, 0.15) is 20.8 Å². The third-order valence-corrected chi connectivity index (χ3v) is 2.37. The molecule has 19 heavy (non-hydrogen) atoms. The number of hydrogen-bond donors (Lipinski definition) is 2. The molecule has 106 valence electrons. The molecule has 0 radical (unpaired) electrons.